The molecule has 0 unspecified atom stereocenters. The Morgan fingerprint density at radius 2 is 1.73 bits per heavy atom. The van der Waals surface area contributed by atoms with Gasteiger partial charge in [-0.3, -0.25) is 0 Å². The number of anilines is 1. The van der Waals surface area contributed by atoms with E-state index in [9.17, 15) is 0 Å². The molecule has 15 heavy (non-hydrogen) atoms. The van der Waals surface area contributed by atoms with Gasteiger partial charge >= 0.3 is 0 Å². The number of nitrogens with zero attached hydrogens (tertiary/aromatic N) is 1. The van der Waals surface area contributed by atoms with E-state index in [0.29, 0.717) is 0 Å². The maximum atomic E-state index is 9.03. The van der Waals surface area contributed by atoms with Gasteiger partial charge in [0.1, 0.15) is 5.75 Å². The monoisotopic (exact) mass is 211 g/mol. The summed E-state index contributed by atoms with van der Waals surface area (Å²) in [7, 11) is 3.45. The van der Waals surface area contributed by atoms with E-state index in [4.69, 9.17) is 14.9 Å². The second kappa shape index (κ2) is 5.58. The van der Waals surface area contributed by atoms with Crippen LogP contribution in [0.1, 0.15) is 0 Å². The van der Waals surface area contributed by atoms with Gasteiger partial charge in [0.2, 0.25) is 0 Å². The van der Waals surface area contributed by atoms with Crippen molar-refractivity contribution in [3.8, 4) is 5.75 Å². The van der Waals surface area contributed by atoms with Crippen LogP contribution in [0.2, 0.25) is 0 Å². The minimum absolute atomic E-state index is 0.0704. The van der Waals surface area contributed by atoms with Crippen molar-refractivity contribution in [1.82, 2.24) is 0 Å². The number of aliphatic hydroxyl groups is 2. The van der Waals surface area contributed by atoms with Crippen LogP contribution in [0.25, 0.3) is 0 Å². The van der Waals surface area contributed by atoms with Crippen molar-refractivity contribution in [2.24, 2.45) is 0 Å². The second-order valence-corrected chi connectivity index (χ2v) is 3.33. The molecule has 2 N–H and O–H groups in total. The summed E-state index contributed by atoms with van der Waals surface area (Å²) in [6, 6.07) is 7.20. The molecule has 1 aromatic rings. The van der Waals surface area contributed by atoms with E-state index in [-0.39, 0.29) is 19.3 Å². The summed E-state index contributed by atoms with van der Waals surface area (Å²) >= 11 is 0. The number of rotatable bonds is 5. The highest BCUT2D eigenvalue weighted by atomic mass is 16.5. The standard InChI is InChI=1S/C11H17NO3/c1-12(10(7-13)8-14)9-3-5-11(15-2)6-4-9/h3-6,10,13-14H,7-8H2,1-2H3. The zero-order valence-corrected chi connectivity index (χ0v) is 9.05. The number of methoxy groups -OCH3 is 1. The van der Waals surface area contributed by atoms with Crippen LogP contribution in [0.3, 0.4) is 0 Å². The zero-order chi connectivity index (χ0) is 11.3. The molecule has 0 spiro atoms. The SMILES string of the molecule is COc1ccc(N(C)C(CO)CO)cc1. The molecule has 0 heterocycles. The molecule has 0 bridgehead atoms. The maximum Gasteiger partial charge on any atom is 0.119 e. The average Bonchev–Trinajstić information content (AvgIpc) is 2.30. The Labute approximate surface area is 89.7 Å². The van der Waals surface area contributed by atoms with Crippen molar-refractivity contribution in [1.29, 1.82) is 0 Å². The first-order valence-electron chi connectivity index (χ1n) is 4.81. The van der Waals surface area contributed by atoms with Gasteiger partial charge < -0.3 is 19.8 Å². The molecule has 0 aromatic heterocycles. The van der Waals surface area contributed by atoms with E-state index < -0.39 is 0 Å². The van der Waals surface area contributed by atoms with Crippen molar-refractivity contribution in [2.45, 2.75) is 6.04 Å². The average molecular weight is 211 g/mol. The molecule has 1 aromatic carbocycles. The third-order valence-electron chi connectivity index (χ3n) is 2.45. The lowest BCUT2D eigenvalue weighted by Gasteiger charge is -2.27. The van der Waals surface area contributed by atoms with Gasteiger partial charge in [-0.25, -0.2) is 0 Å². The summed E-state index contributed by atoms with van der Waals surface area (Å²) in [5.74, 6) is 0.789. The van der Waals surface area contributed by atoms with Crippen LogP contribution in [0, 0.1) is 0 Å². The predicted molar refractivity (Wildman–Crippen MR) is 59.4 cm³/mol. The molecule has 4 nitrogen and oxygen atoms in total. The minimum Gasteiger partial charge on any atom is -0.497 e. The number of aliphatic hydroxyl groups excluding tert-OH is 2. The van der Waals surface area contributed by atoms with Crippen molar-refractivity contribution in [2.75, 3.05) is 32.3 Å². The molecule has 0 aliphatic carbocycles. The largest absolute Gasteiger partial charge is 0.497 e. The lowest BCUT2D eigenvalue weighted by Crippen LogP contribution is -2.37. The quantitative estimate of drug-likeness (QED) is 0.744. The smallest absolute Gasteiger partial charge is 0.119 e. The van der Waals surface area contributed by atoms with E-state index in [2.05, 4.69) is 0 Å². The van der Waals surface area contributed by atoms with Crippen LogP contribution < -0.4 is 9.64 Å². The van der Waals surface area contributed by atoms with Crippen LogP contribution in [0.15, 0.2) is 24.3 Å². The fourth-order valence-corrected chi connectivity index (χ4v) is 1.33. The van der Waals surface area contributed by atoms with E-state index in [1.54, 1.807) is 7.11 Å². The predicted octanol–water partition coefficient (Wildman–Crippen LogP) is 0.485. The first kappa shape index (κ1) is 11.8. The molecule has 0 amide bonds. The normalized spacial score (nSPS) is 10.5. The second-order valence-electron chi connectivity index (χ2n) is 3.33. The first-order chi connectivity index (χ1) is 7.22. The van der Waals surface area contributed by atoms with Gasteiger partial charge in [-0.15, -0.1) is 0 Å². The Morgan fingerprint density at radius 3 is 2.13 bits per heavy atom. The first-order valence-corrected chi connectivity index (χ1v) is 4.81. The number of benzene rings is 1. The van der Waals surface area contributed by atoms with Crippen LogP contribution in [0.4, 0.5) is 5.69 Å². The van der Waals surface area contributed by atoms with E-state index >= 15 is 0 Å². The molecular weight excluding hydrogens is 194 g/mol. The molecule has 4 heteroatoms. The molecule has 0 saturated carbocycles. The molecule has 0 aliphatic rings. The summed E-state index contributed by atoms with van der Waals surface area (Å²) in [5, 5.41) is 18.1. The van der Waals surface area contributed by atoms with Crippen LogP contribution in [-0.4, -0.2) is 43.6 Å². The van der Waals surface area contributed by atoms with Crippen molar-refractivity contribution < 1.29 is 14.9 Å². The van der Waals surface area contributed by atoms with Crippen LogP contribution in [-0.2, 0) is 0 Å². The molecule has 84 valence electrons. The van der Waals surface area contributed by atoms with Gasteiger partial charge in [0, 0.05) is 12.7 Å². The van der Waals surface area contributed by atoms with Gasteiger partial charge in [0.15, 0.2) is 0 Å². The van der Waals surface area contributed by atoms with E-state index in [0.717, 1.165) is 11.4 Å². The van der Waals surface area contributed by atoms with E-state index in [1.165, 1.54) is 0 Å². The Bertz CT molecular complexity index is 282. The van der Waals surface area contributed by atoms with Gasteiger partial charge in [-0.2, -0.15) is 0 Å². The third-order valence-corrected chi connectivity index (χ3v) is 2.45. The highest BCUT2D eigenvalue weighted by Crippen LogP contribution is 2.19. The van der Waals surface area contributed by atoms with Crippen molar-refractivity contribution in [3.05, 3.63) is 24.3 Å². The van der Waals surface area contributed by atoms with Crippen LogP contribution >= 0.6 is 0 Å². The van der Waals surface area contributed by atoms with Gasteiger partial charge in [-0.05, 0) is 24.3 Å². The van der Waals surface area contributed by atoms with E-state index in [1.807, 2.05) is 36.2 Å². The van der Waals surface area contributed by atoms with Gasteiger partial charge in [0.05, 0.1) is 26.4 Å². The minimum atomic E-state index is -0.265. The Kier molecular flexibility index (Phi) is 4.39. The number of hydrogen-bond donors (Lipinski definition) is 2. The van der Waals surface area contributed by atoms with Gasteiger partial charge in [0.25, 0.3) is 0 Å². The molecule has 0 aliphatic heterocycles. The summed E-state index contributed by atoms with van der Waals surface area (Å²) in [4.78, 5) is 1.83. The Balaban J connectivity index is 2.76. The summed E-state index contributed by atoms with van der Waals surface area (Å²) in [5.41, 5.74) is 0.934. The summed E-state index contributed by atoms with van der Waals surface area (Å²) in [6.45, 7) is -0.141. The Morgan fingerprint density at radius 1 is 1.20 bits per heavy atom. The number of hydrogen-bond acceptors (Lipinski definition) is 4. The summed E-state index contributed by atoms with van der Waals surface area (Å²) in [6.07, 6.45) is 0. The zero-order valence-electron chi connectivity index (χ0n) is 9.05. The lowest BCUT2D eigenvalue weighted by molar-refractivity contribution is 0.191. The highest BCUT2D eigenvalue weighted by molar-refractivity contribution is 5.49. The third kappa shape index (κ3) is 2.84. The Hall–Kier alpha value is -1.26. The number of likely N-dealkylation sites (N-methyl/N-ethyl adjacent to an activating group) is 1. The molecule has 0 radical (unpaired) electrons. The number of ether oxygens (including phenoxy) is 1. The summed E-state index contributed by atoms with van der Waals surface area (Å²) < 4.78 is 5.04. The van der Waals surface area contributed by atoms with Crippen molar-refractivity contribution >= 4 is 5.69 Å². The molecule has 0 saturated heterocycles. The van der Waals surface area contributed by atoms with Crippen LogP contribution in [0.5, 0.6) is 5.75 Å². The maximum absolute atomic E-state index is 9.03. The molecule has 0 fully saturated rings. The fraction of sp³-hybridized carbons (Fsp3) is 0.455. The molecule has 1 rings (SSSR count). The van der Waals surface area contributed by atoms with Gasteiger partial charge in [-0.1, -0.05) is 0 Å². The van der Waals surface area contributed by atoms with Crippen molar-refractivity contribution in [3.63, 3.8) is 0 Å². The fourth-order valence-electron chi connectivity index (χ4n) is 1.33. The highest BCUT2D eigenvalue weighted by Gasteiger charge is 2.12. The lowest BCUT2D eigenvalue weighted by atomic mass is 10.2. The molecule has 0 atom stereocenters. The molecular formula is C11H17NO3. The topological polar surface area (TPSA) is 52.9 Å².